The van der Waals surface area contributed by atoms with Crippen molar-refractivity contribution in [3.05, 3.63) is 101 Å². The van der Waals surface area contributed by atoms with Crippen molar-refractivity contribution in [1.29, 1.82) is 0 Å². The fourth-order valence-corrected chi connectivity index (χ4v) is 4.72. The van der Waals surface area contributed by atoms with Gasteiger partial charge in [0.2, 0.25) is 0 Å². The Bertz CT molecular complexity index is 1020. The van der Waals surface area contributed by atoms with Crippen molar-refractivity contribution >= 4 is 15.6 Å². The summed E-state index contributed by atoms with van der Waals surface area (Å²) in [6.07, 6.45) is -0.0940. The van der Waals surface area contributed by atoms with E-state index in [4.69, 9.17) is 0 Å². The first-order chi connectivity index (χ1) is 12.9. The third kappa shape index (κ3) is 4.34. The molecule has 0 saturated carbocycles. The van der Waals surface area contributed by atoms with Gasteiger partial charge in [-0.15, -0.1) is 0 Å². The van der Waals surface area contributed by atoms with E-state index in [2.05, 4.69) is 0 Å². The van der Waals surface area contributed by atoms with Crippen LogP contribution >= 0.6 is 0 Å². The van der Waals surface area contributed by atoms with Crippen LogP contribution in [0.1, 0.15) is 38.7 Å². The summed E-state index contributed by atoms with van der Waals surface area (Å²) in [5.41, 5.74) is 3.19. The molecule has 0 amide bonds. The predicted molar refractivity (Wildman–Crippen MR) is 108 cm³/mol. The molecule has 0 unspecified atom stereocenters. The van der Waals surface area contributed by atoms with Gasteiger partial charge in [0, 0.05) is 12.0 Å². The van der Waals surface area contributed by atoms with E-state index in [-0.39, 0.29) is 17.1 Å². The number of sulfone groups is 1. The number of Topliss-reactive ketones (excluding diaryl/α,β-unsaturated/α-hetero) is 1. The highest BCUT2D eigenvalue weighted by Gasteiger charge is 2.31. The number of carbonyl (C=O) groups excluding carboxylic acids is 1. The monoisotopic (exact) mass is 378 g/mol. The molecule has 0 heterocycles. The molecule has 1 atom stereocenters. The van der Waals surface area contributed by atoms with Crippen molar-refractivity contribution in [3.63, 3.8) is 0 Å². The number of rotatable bonds is 6. The van der Waals surface area contributed by atoms with E-state index in [9.17, 15) is 13.2 Å². The maximum Gasteiger partial charge on any atom is 0.185 e. The van der Waals surface area contributed by atoms with Crippen molar-refractivity contribution in [1.82, 2.24) is 0 Å². The molecular formula is C23H22O3S. The molecular weight excluding hydrogens is 356 g/mol. The second-order valence-corrected chi connectivity index (χ2v) is 8.88. The number of hydrogen-bond donors (Lipinski definition) is 0. The second-order valence-electron chi connectivity index (χ2n) is 6.75. The largest absolute Gasteiger partial charge is 0.294 e. The molecule has 0 aliphatic rings. The Morgan fingerprint density at radius 2 is 1.30 bits per heavy atom. The van der Waals surface area contributed by atoms with E-state index in [1.54, 1.807) is 60.7 Å². The molecule has 0 aliphatic heterocycles. The van der Waals surface area contributed by atoms with Gasteiger partial charge in [-0.05, 0) is 31.5 Å². The average molecular weight is 378 g/mol. The van der Waals surface area contributed by atoms with E-state index in [1.807, 2.05) is 32.0 Å². The van der Waals surface area contributed by atoms with Crippen LogP contribution in [0.2, 0.25) is 0 Å². The zero-order chi connectivity index (χ0) is 19.4. The number of carbonyl (C=O) groups is 1. The molecule has 3 rings (SSSR count). The first-order valence-corrected chi connectivity index (χ1v) is 10.4. The summed E-state index contributed by atoms with van der Waals surface area (Å²) in [4.78, 5) is 13.0. The third-order valence-corrected chi connectivity index (χ3v) is 6.76. The molecule has 3 aromatic carbocycles. The van der Waals surface area contributed by atoms with Crippen molar-refractivity contribution in [2.45, 2.75) is 30.4 Å². The Morgan fingerprint density at radius 1 is 0.778 bits per heavy atom. The fourth-order valence-electron chi connectivity index (χ4n) is 2.99. The number of ketones is 1. The molecule has 0 N–H and O–H groups in total. The van der Waals surface area contributed by atoms with Crippen LogP contribution in [-0.2, 0) is 9.84 Å². The minimum Gasteiger partial charge on any atom is -0.294 e. The zero-order valence-electron chi connectivity index (χ0n) is 15.4. The average Bonchev–Trinajstić information content (AvgIpc) is 2.67. The van der Waals surface area contributed by atoms with Gasteiger partial charge in [0.1, 0.15) is 0 Å². The molecule has 0 saturated heterocycles. The van der Waals surface area contributed by atoms with E-state index < -0.39 is 15.1 Å². The van der Waals surface area contributed by atoms with Gasteiger partial charge < -0.3 is 0 Å². The maximum absolute atomic E-state index is 13.3. The summed E-state index contributed by atoms with van der Waals surface area (Å²) in [5, 5.41) is -0.921. The summed E-state index contributed by atoms with van der Waals surface area (Å²) in [7, 11) is -3.70. The molecule has 138 valence electrons. The Hall–Kier alpha value is -2.72. The van der Waals surface area contributed by atoms with E-state index in [1.165, 1.54) is 0 Å². The highest BCUT2D eigenvalue weighted by atomic mass is 32.2. The van der Waals surface area contributed by atoms with Gasteiger partial charge in [0.05, 0.1) is 10.1 Å². The molecule has 0 radical (unpaired) electrons. The minimum absolute atomic E-state index is 0.0940. The summed E-state index contributed by atoms with van der Waals surface area (Å²) in [6, 6.07) is 22.9. The van der Waals surface area contributed by atoms with Crippen LogP contribution in [0, 0.1) is 13.8 Å². The van der Waals surface area contributed by atoms with Crippen molar-refractivity contribution < 1.29 is 13.2 Å². The molecule has 0 spiro atoms. The van der Waals surface area contributed by atoms with Crippen LogP contribution in [0.3, 0.4) is 0 Å². The number of hydrogen-bond acceptors (Lipinski definition) is 3. The van der Waals surface area contributed by atoms with Gasteiger partial charge >= 0.3 is 0 Å². The molecule has 0 aliphatic carbocycles. The van der Waals surface area contributed by atoms with Crippen LogP contribution < -0.4 is 0 Å². The topological polar surface area (TPSA) is 51.2 Å². The SMILES string of the molecule is Cc1ccc(C(=O)C[C@@H](c2ccccc2)S(=O)(=O)c2ccc(C)cc2)cc1. The Balaban J connectivity index is 2.00. The van der Waals surface area contributed by atoms with Crippen molar-refractivity contribution in [2.24, 2.45) is 0 Å². The zero-order valence-corrected chi connectivity index (χ0v) is 16.2. The highest BCUT2D eigenvalue weighted by Crippen LogP contribution is 2.33. The molecule has 27 heavy (non-hydrogen) atoms. The Kier molecular flexibility index (Phi) is 5.57. The summed E-state index contributed by atoms with van der Waals surface area (Å²) >= 11 is 0. The summed E-state index contributed by atoms with van der Waals surface area (Å²) in [5.74, 6) is -0.181. The predicted octanol–water partition coefficient (Wildman–Crippen LogP) is 5.09. The van der Waals surface area contributed by atoms with Crippen LogP contribution in [0.4, 0.5) is 0 Å². The first kappa shape index (κ1) is 19.1. The lowest BCUT2D eigenvalue weighted by molar-refractivity contribution is 0.0980. The quantitative estimate of drug-likeness (QED) is 0.561. The van der Waals surface area contributed by atoms with E-state index >= 15 is 0 Å². The normalized spacial score (nSPS) is 12.5. The number of aryl methyl sites for hydroxylation is 2. The molecule has 0 fully saturated rings. The van der Waals surface area contributed by atoms with Gasteiger partial charge in [-0.25, -0.2) is 8.42 Å². The molecule has 3 nitrogen and oxygen atoms in total. The molecule has 0 aromatic heterocycles. The molecule has 0 bridgehead atoms. The highest BCUT2D eigenvalue weighted by molar-refractivity contribution is 7.91. The van der Waals surface area contributed by atoms with Crippen LogP contribution in [0.5, 0.6) is 0 Å². The smallest absolute Gasteiger partial charge is 0.185 e. The van der Waals surface area contributed by atoms with Crippen LogP contribution in [0.15, 0.2) is 83.8 Å². The maximum atomic E-state index is 13.3. The third-order valence-electron chi connectivity index (χ3n) is 4.64. The van der Waals surface area contributed by atoms with Crippen LogP contribution in [0.25, 0.3) is 0 Å². The number of benzene rings is 3. The standard InChI is InChI=1S/C23H22O3S/c1-17-8-12-19(13-9-17)22(24)16-23(20-6-4-3-5-7-20)27(25,26)21-14-10-18(2)11-15-21/h3-15,23H,16H2,1-2H3/t23-/m0/s1. The molecule has 4 heteroatoms. The van der Waals surface area contributed by atoms with E-state index in [0.717, 1.165) is 11.1 Å². The summed E-state index contributed by atoms with van der Waals surface area (Å²) in [6.45, 7) is 3.86. The lowest BCUT2D eigenvalue weighted by Crippen LogP contribution is -2.18. The van der Waals surface area contributed by atoms with Gasteiger partial charge in [0.25, 0.3) is 0 Å². The van der Waals surface area contributed by atoms with Crippen molar-refractivity contribution in [2.75, 3.05) is 0 Å². The van der Waals surface area contributed by atoms with Gasteiger partial charge in [0.15, 0.2) is 15.6 Å². The Labute approximate surface area is 160 Å². The van der Waals surface area contributed by atoms with Crippen molar-refractivity contribution in [3.8, 4) is 0 Å². The first-order valence-electron chi connectivity index (χ1n) is 8.83. The summed E-state index contributed by atoms with van der Waals surface area (Å²) < 4.78 is 26.6. The molecule has 3 aromatic rings. The van der Waals surface area contributed by atoms with Gasteiger partial charge in [-0.2, -0.15) is 0 Å². The van der Waals surface area contributed by atoms with Crippen LogP contribution in [-0.4, -0.2) is 14.2 Å². The Morgan fingerprint density at radius 3 is 1.85 bits per heavy atom. The van der Waals surface area contributed by atoms with E-state index in [0.29, 0.717) is 11.1 Å². The second kappa shape index (κ2) is 7.89. The fraction of sp³-hybridized carbons (Fsp3) is 0.174. The van der Waals surface area contributed by atoms with Gasteiger partial charge in [-0.3, -0.25) is 4.79 Å². The lowest BCUT2D eigenvalue weighted by atomic mass is 10.0. The minimum atomic E-state index is -3.70. The lowest BCUT2D eigenvalue weighted by Gasteiger charge is -2.18. The van der Waals surface area contributed by atoms with Gasteiger partial charge in [-0.1, -0.05) is 77.9 Å².